The lowest BCUT2D eigenvalue weighted by Crippen LogP contribution is -2.05. The van der Waals surface area contributed by atoms with Crippen LogP contribution in [0.4, 0.5) is 11.4 Å². The molecule has 0 radical (unpaired) electrons. The van der Waals surface area contributed by atoms with Crippen molar-refractivity contribution >= 4 is 23.3 Å². The molecular weight excluding hydrogens is 220 g/mol. The van der Waals surface area contributed by atoms with Gasteiger partial charge in [-0.3, -0.25) is 9.59 Å². The molecule has 1 aliphatic rings. The van der Waals surface area contributed by atoms with Crippen LogP contribution in [0, 0.1) is 0 Å². The van der Waals surface area contributed by atoms with Gasteiger partial charge < -0.3 is 15.7 Å². The summed E-state index contributed by atoms with van der Waals surface area (Å²) < 4.78 is 0. The van der Waals surface area contributed by atoms with Crippen molar-refractivity contribution < 1.29 is 14.7 Å². The molecule has 1 aliphatic heterocycles. The smallest absolute Gasteiger partial charge is 0.303 e. The maximum Gasteiger partial charge on any atom is 0.303 e. The predicted molar refractivity (Wildman–Crippen MR) is 64.1 cm³/mol. The molecule has 17 heavy (non-hydrogen) atoms. The highest BCUT2D eigenvalue weighted by Crippen LogP contribution is 2.26. The molecule has 0 fully saturated rings. The van der Waals surface area contributed by atoms with Gasteiger partial charge in [0, 0.05) is 24.3 Å². The van der Waals surface area contributed by atoms with Gasteiger partial charge in [0.1, 0.15) is 0 Å². The van der Waals surface area contributed by atoms with Gasteiger partial charge in [0.25, 0.3) is 0 Å². The highest BCUT2D eigenvalue weighted by molar-refractivity contribution is 5.99. The van der Waals surface area contributed by atoms with Crippen LogP contribution in [0.2, 0.25) is 0 Å². The van der Waals surface area contributed by atoms with Crippen LogP contribution in [0.3, 0.4) is 0 Å². The molecule has 3 N–H and O–H groups in total. The van der Waals surface area contributed by atoms with Gasteiger partial charge in [-0.2, -0.15) is 0 Å². The fraction of sp³-hybridized carbons (Fsp3) is 0.333. The first kappa shape index (κ1) is 11.4. The second-order valence-corrected chi connectivity index (χ2v) is 4.02. The second-order valence-electron chi connectivity index (χ2n) is 4.02. The zero-order chi connectivity index (χ0) is 12.3. The van der Waals surface area contributed by atoms with Crippen molar-refractivity contribution in [3.8, 4) is 0 Å². The van der Waals surface area contributed by atoms with E-state index in [1.165, 1.54) is 0 Å². The van der Waals surface area contributed by atoms with Crippen LogP contribution in [-0.4, -0.2) is 23.5 Å². The van der Waals surface area contributed by atoms with Gasteiger partial charge in [0.05, 0.1) is 6.42 Å². The number of fused-ring (bicyclic) bond motifs is 1. The number of carbonyl (C=O) groups is 2. The van der Waals surface area contributed by atoms with E-state index in [1.54, 1.807) is 0 Å². The minimum absolute atomic E-state index is 0.0167. The third kappa shape index (κ3) is 2.96. The van der Waals surface area contributed by atoms with E-state index in [2.05, 4.69) is 10.6 Å². The average molecular weight is 234 g/mol. The zero-order valence-corrected chi connectivity index (χ0v) is 9.32. The standard InChI is InChI=1S/C12H14N2O3/c15-11-6-8-3-4-9(7-10(8)14-11)13-5-1-2-12(16)17/h3-4,7,13H,1-2,5-6H2,(H,14,15)(H,16,17). The van der Waals surface area contributed by atoms with Crippen LogP contribution in [0.25, 0.3) is 0 Å². The van der Waals surface area contributed by atoms with Crippen LogP contribution in [0.1, 0.15) is 18.4 Å². The number of nitrogens with one attached hydrogen (secondary N) is 2. The Morgan fingerprint density at radius 1 is 1.47 bits per heavy atom. The summed E-state index contributed by atoms with van der Waals surface area (Å²) in [6.45, 7) is 0.610. The molecule has 90 valence electrons. The lowest BCUT2D eigenvalue weighted by Gasteiger charge is -2.07. The van der Waals surface area contributed by atoms with Gasteiger partial charge in [0.2, 0.25) is 5.91 Å². The minimum atomic E-state index is -0.784. The van der Waals surface area contributed by atoms with E-state index in [-0.39, 0.29) is 12.3 Å². The molecule has 0 unspecified atom stereocenters. The number of rotatable bonds is 5. The van der Waals surface area contributed by atoms with Crippen molar-refractivity contribution in [1.29, 1.82) is 0 Å². The Hall–Kier alpha value is -2.04. The van der Waals surface area contributed by atoms with Crippen molar-refractivity contribution in [2.75, 3.05) is 17.2 Å². The van der Waals surface area contributed by atoms with Crippen LogP contribution >= 0.6 is 0 Å². The van der Waals surface area contributed by atoms with Gasteiger partial charge in [-0.1, -0.05) is 6.07 Å². The molecule has 0 spiro atoms. The van der Waals surface area contributed by atoms with Gasteiger partial charge in [0.15, 0.2) is 0 Å². The molecule has 0 atom stereocenters. The highest BCUT2D eigenvalue weighted by atomic mass is 16.4. The van der Waals surface area contributed by atoms with Crippen LogP contribution in [0.15, 0.2) is 18.2 Å². The van der Waals surface area contributed by atoms with Gasteiger partial charge in [-0.25, -0.2) is 0 Å². The van der Waals surface area contributed by atoms with E-state index < -0.39 is 5.97 Å². The Bertz CT molecular complexity index is 457. The number of carboxylic acids is 1. The van der Waals surface area contributed by atoms with Gasteiger partial charge in [-0.05, 0) is 24.1 Å². The number of hydrogen-bond acceptors (Lipinski definition) is 3. The monoisotopic (exact) mass is 234 g/mol. The summed E-state index contributed by atoms with van der Waals surface area (Å²) in [5, 5.41) is 14.4. The minimum Gasteiger partial charge on any atom is -0.481 e. The molecule has 0 aliphatic carbocycles. The second kappa shape index (κ2) is 4.86. The largest absolute Gasteiger partial charge is 0.481 e. The van der Waals surface area contributed by atoms with Gasteiger partial charge >= 0.3 is 5.97 Å². The Morgan fingerprint density at radius 3 is 3.06 bits per heavy atom. The first-order valence-corrected chi connectivity index (χ1v) is 5.53. The fourth-order valence-corrected chi connectivity index (χ4v) is 1.80. The number of amides is 1. The van der Waals surface area contributed by atoms with Crippen molar-refractivity contribution in [2.24, 2.45) is 0 Å². The summed E-state index contributed by atoms with van der Waals surface area (Å²) in [6.07, 6.45) is 1.18. The van der Waals surface area contributed by atoms with E-state index >= 15 is 0 Å². The average Bonchev–Trinajstić information content (AvgIpc) is 2.63. The van der Waals surface area contributed by atoms with E-state index in [0.29, 0.717) is 19.4 Å². The molecule has 1 aromatic rings. The zero-order valence-electron chi connectivity index (χ0n) is 9.32. The first-order valence-electron chi connectivity index (χ1n) is 5.53. The Balaban J connectivity index is 1.88. The van der Waals surface area contributed by atoms with Crippen molar-refractivity contribution in [3.05, 3.63) is 23.8 Å². The van der Waals surface area contributed by atoms with Crippen molar-refractivity contribution in [2.45, 2.75) is 19.3 Å². The lowest BCUT2D eigenvalue weighted by molar-refractivity contribution is -0.137. The van der Waals surface area contributed by atoms with E-state index in [4.69, 9.17) is 5.11 Å². The normalized spacial score (nSPS) is 13.1. The third-order valence-corrected chi connectivity index (χ3v) is 2.63. The summed E-state index contributed by atoms with van der Waals surface area (Å²) in [5.74, 6) is -0.768. The first-order chi connectivity index (χ1) is 8.15. The number of carboxylic acid groups (broad SMARTS) is 1. The summed E-state index contributed by atoms with van der Waals surface area (Å²) in [4.78, 5) is 21.5. The summed E-state index contributed by atoms with van der Waals surface area (Å²) >= 11 is 0. The predicted octanol–water partition coefficient (Wildman–Crippen LogP) is 1.46. The molecule has 0 saturated heterocycles. The van der Waals surface area contributed by atoms with Crippen LogP contribution in [-0.2, 0) is 16.0 Å². The molecule has 5 heteroatoms. The number of hydrogen-bond donors (Lipinski definition) is 3. The molecule has 1 amide bonds. The van der Waals surface area contributed by atoms with E-state index in [9.17, 15) is 9.59 Å². The fourth-order valence-electron chi connectivity index (χ4n) is 1.80. The maximum absolute atomic E-state index is 11.1. The number of benzene rings is 1. The van der Waals surface area contributed by atoms with Crippen LogP contribution in [0.5, 0.6) is 0 Å². The Kier molecular flexibility index (Phi) is 3.27. The molecule has 0 bridgehead atoms. The van der Waals surface area contributed by atoms with E-state index in [0.717, 1.165) is 16.9 Å². The Labute approximate surface area is 98.8 Å². The maximum atomic E-state index is 11.1. The molecular formula is C12H14N2O3. The molecule has 5 nitrogen and oxygen atoms in total. The quantitative estimate of drug-likeness (QED) is 0.674. The lowest BCUT2D eigenvalue weighted by atomic mass is 10.1. The number of aliphatic carboxylic acids is 1. The summed E-state index contributed by atoms with van der Waals surface area (Å²) in [5.41, 5.74) is 2.75. The van der Waals surface area contributed by atoms with E-state index in [1.807, 2.05) is 18.2 Å². The third-order valence-electron chi connectivity index (χ3n) is 2.63. The molecule has 0 saturated carbocycles. The number of carbonyl (C=O) groups excluding carboxylic acids is 1. The molecule has 1 aromatic carbocycles. The SMILES string of the molecule is O=C(O)CCCNc1ccc2c(c1)NC(=O)C2. The van der Waals surface area contributed by atoms with Crippen molar-refractivity contribution in [3.63, 3.8) is 0 Å². The topological polar surface area (TPSA) is 78.4 Å². The summed E-state index contributed by atoms with van der Waals surface area (Å²) in [6, 6.07) is 5.69. The number of anilines is 2. The molecule has 2 rings (SSSR count). The Morgan fingerprint density at radius 2 is 2.29 bits per heavy atom. The van der Waals surface area contributed by atoms with Gasteiger partial charge in [-0.15, -0.1) is 0 Å². The van der Waals surface area contributed by atoms with Crippen molar-refractivity contribution in [1.82, 2.24) is 0 Å². The molecule has 0 aromatic heterocycles. The molecule has 1 heterocycles. The summed E-state index contributed by atoms with van der Waals surface area (Å²) in [7, 11) is 0. The van der Waals surface area contributed by atoms with Crippen LogP contribution < -0.4 is 10.6 Å². The highest BCUT2D eigenvalue weighted by Gasteiger charge is 2.17.